The van der Waals surface area contributed by atoms with E-state index in [0.29, 0.717) is 6.42 Å². The molecule has 0 unspecified atom stereocenters. The van der Waals surface area contributed by atoms with Gasteiger partial charge in [-0.2, -0.15) is 0 Å². The van der Waals surface area contributed by atoms with Crippen LogP contribution in [0, 0.1) is 11.8 Å². The molecule has 4 nitrogen and oxygen atoms in total. The van der Waals surface area contributed by atoms with Crippen LogP contribution in [0.3, 0.4) is 0 Å². The molecule has 1 rings (SSSR count). The van der Waals surface area contributed by atoms with Crippen LogP contribution >= 0.6 is 0 Å². The molecule has 0 aromatic rings. The SMILES string of the molecule is CC[C@@H]1[C@@H](C(=O)OC)C(=O)C[C@@H]1O[Si](C)(C)C(C)(C)C. The van der Waals surface area contributed by atoms with E-state index in [4.69, 9.17) is 9.16 Å². The standard InChI is InChI=1S/C15H28O4Si/c1-8-10-12(19-20(6,7)15(2,3)4)9-11(16)13(10)14(17)18-5/h10,12-13H,8-9H2,1-7H3/t10-,12-,13+/m0/s1. The molecule has 116 valence electrons. The van der Waals surface area contributed by atoms with Gasteiger partial charge in [0.05, 0.1) is 13.2 Å². The second-order valence-electron chi connectivity index (χ2n) is 7.16. The Labute approximate surface area is 123 Å². The van der Waals surface area contributed by atoms with E-state index < -0.39 is 20.2 Å². The Morgan fingerprint density at radius 2 is 1.90 bits per heavy atom. The van der Waals surface area contributed by atoms with Crippen molar-refractivity contribution in [3.05, 3.63) is 0 Å². The number of esters is 1. The fourth-order valence-electron chi connectivity index (χ4n) is 2.55. The maximum atomic E-state index is 12.1. The van der Waals surface area contributed by atoms with Crippen LogP contribution in [-0.2, 0) is 18.8 Å². The van der Waals surface area contributed by atoms with Crippen molar-refractivity contribution >= 4 is 20.1 Å². The highest BCUT2D eigenvalue weighted by molar-refractivity contribution is 6.74. The first-order chi connectivity index (χ1) is 9.05. The summed E-state index contributed by atoms with van der Waals surface area (Å²) in [5.74, 6) is -1.14. The van der Waals surface area contributed by atoms with Crippen LogP contribution in [-0.4, -0.2) is 33.3 Å². The first kappa shape index (κ1) is 17.4. The number of ketones is 1. The molecule has 0 radical (unpaired) electrons. The van der Waals surface area contributed by atoms with Gasteiger partial charge < -0.3 is 9.16 Å². The average Bonchev–Trinajstić information content (AvgIpc) is 2.61. The van der Waals surface area contributed by atoms with Gasteiger partial charge in [-0.3, -0.25) is 9.59 Å². The molecule has 0 aliphatic heterocycles. The van der Waals surface area contributed by atoms with E-state index in [-0.39, 0.29) is 22.8 Å². The second kappa shape index (κ2) is 5.98. The maximum Gasteiger partial charge on any atom is 0.316 e. The molecule has 1 fully saturated rings. The van der Waals surface area contributed by atoms with Crippen molar-refractivity contribution in [3.8, 4) is 0 Å². The van der Waals surface area contributed by atoms with Gasteiger partial charge >= 0.3 is 5.97 Å². The topological polar surface area (TPSA) is 52.6 Å². The van der Waals surface area contributed by atoms with Crippen LogP contribution in [0.5, 0.6) is 0 Å². The number of rotatable bonds is 4. The Balaban J connectivity index is 2.93. The minimum Gasteiger partial charge on any atom is -0.468 e. The van der Waals surface area contributed by atoms with Crippen LogP contribution in [0.4, 0.5) is 0 Å². The number of carbonyl (C=O) groups excluding carboxylic acids is 2. The molecule has 5 heteroatoms. The van der Waals surface area contributed by atoms with Gasteiger partial charge in [0.15, 0.2) is 8.32 Å². The van der Waals surface area contributed by atoms with Gasteiger partial charge in [-0.25, -0.2) is 0 Å². The molecule has 0 bridgehead atoms. The lowest BCUT2D eigenvalue weighted by Crippen LogP contribution is -2.45. The molecule has 1 saturated carbocycles. The molecule has 0 heterocycles. The van der Waals surface area contributed by atoms with Crippen molar-refractivity contribution in [1.29, 1.82) is 0 Å². The summed E-state index contributed by atoms with van der Waals surface area (Å²) in [6.45, 7) is 12.9. The van der Waals surface area contributed by atoms with E-state index in [1.165, 1.54) is 7.11 Å². The first-order valence-corrected chi connectivity index (χ1v) is 10.2. The molecule has 0 amide bonds. The normalized spacial score (nSPS) is 27.8. The van der Waals surface area contributed by atoms with Gasteiger partial charge in [0.25, 0.3) is 0 Å². The Bertz CT molecular complexity index is 384. The summed E-state index contributed by atoms with van der Waals surface area (Å²) in [5.41, 5.74) is 0. The third kappa shape index (κ3) is 3.31. The molecule has 20 heavy (non-hydrogen) atoms. The first-order valence-electron chi connectivity index (χ1n) is 7.33. The molecule has 0 aromatic heterocycles. The Morgan fingerprint density at radius 3 is 2.30 bits per heavy atom. The highest BCUT2D eigenvalue weighted by atomic mass is 28.4. The molecule has 0 N–H and O–H groups in total. The van der Waals surface area contributed by atoms with Gasteiger partial charge in [0, 0.05) is 12.3 Å². The molecular formula is C15H28O4Si. The molecule has 1 aliphatic carbocycles. The lowest BCUT2D eigenvalue weighted by atomic mass is 9.92. The zero-order chi connectivity index (χ0) is 15.7. The van der Waals surface area contributed by atoms with Crippen molar-refractivity contribution in [2.75, 3.05) is 7.11 Å². The Hall–Kier alpha value is -0.683. The van der Waals surface area contributed by atoms with Crippen LogP contribution in [0.15, 0.2) is 0 Å². The second-order valence-corrected chi connectivity index (χ2v) is 11.9. The lowest BCUT2D eigenvalue weighted by Gasteiger charge is -2.39. The van der Waals surface area contributed by atoms with Crippen LogP contribution in [0.25, 0.3) is 0 Å². The molecule has 0 aromatic carbocycles. The lowest BCUT2D eigenvalue weighted by molar-refractivity contribution is -0.150. The number of hydrogen-bond donors (Lipinski definition) is 0. The van der Waals surface area contributed by atoms with Gasteiger partial charge in [0.1, 0.15) is 11.7 Å². The maximum absolute atomic E-state index is 12.1. The highest BCUT2D eigenvalue weighted by Gasteiger charge is 2.50. The average molecular weight is 300 g/mol. The number of carbonyl (C=O) groups is 2. The number of Topliss-reactive ketones (excluding diaryl/α,β-unsaturated/α-hetero) is 1. The fraction of sp³-hybridized carbons (Fsp3) is 0.867. The largest absolute Gasteiger partial charge is 0.468 e. The van der Waals surface area contributed by atoms with Crippen molar-refractivity contribution in [3.63, 3.8) is 0 Å². The van der Waals surface area contributed by atoms with Gasteiger partial charge in [-0.05, 0) is 24.6 Å². The smallest absolute Gasteiger partial charge is 0.316 e. The quantitative estimate of drug-likeness (QED) is 0.454. The van der Waals surface area contributed by atoms with Crippen LogP contribution in [0.2, 0.25) is 18.1 Å². The molecule has 0 spiro atoms. The van der Waals surface area contributed by atoms with Crippen LogP contribution < -0.4 is 0 Å². The Kier molecular flexibility index (Phi) is 5.19. The zero-order valence-electron chi connectivity index (χ0n) is 13.8. The number of hydrogen-bond acceptors (Lipinski definition) is 4. The predicted octanol–water partition coefficient (Wildman–Crippen LogP) is 3.17. The van der Waals surface area contributed by atoms with E-state index in [0.717, 1.165) is 6.42 Å². The minimum atomic E-state index is -1.94. The van der Waals surface area contributed by atoms with Gasteiger partial charge in [-0.1, -0.05) is 27.7 Å². The van der Waals surface area contributed by atoms with E-state index in [9.17, 15) is 9.59 Å². The Morgan fingerprint density at radius 1 is 1.35 bits per heavy atom. The summed E-state index contributed by atoms with van der Waals surface area (Å²) in [6, 6.07) is 0. The summed E-state index contributed by atoms with van der Waals surface area (Å²) in [5, 5.41) is 0.0949. The number of methoxy groups -OCH3 is 1. The van der Waals surface area contributed by atoms with E-state index in [1.54, 1.807) is 0 Å². The number of ether oxygens (including phenoxy) is 1. The summed E-state index contributed by atoms with van der Waals surface area (Å²) >= 11 is 0. The fourth-order valence-corrected chi connectivity index (χ4v) is 3.91. The summed E-state index contributed by atoms with van der Waals surface area (Å²) < 4.78 is 11.2. The van der Waals surface area contributed by atoms with Crippen molar-refractivity contribution < 1.29 is 18.8 Å². The molecular weight excluding hydrogens is 272 g/mol. The monoisotopic (exact) mass is 300 g/mol. The van der Waals surface area contributed by atoms with Crippen molar-refractivity contribution in [2.45, 2.75) is 64.8 Å². The van der Waals surface area contributed by atoms with Gasteiger partial charge in [0.2, 0.25) is 0 Å². The molecule has 1 aliphatic rings. The summed E-state index contributed by atoms with van der Waals surface area (Å²) in [7, 11) is -0.599. The molecule has 3 atom stereocenters. The zero-order valence-corrected chi connectivity index (χ0v) is 14.8. The van der Waals surface area contributed by atoms with E-state index >= 15 is 0 Å². The van der Waals surface area contributed by atoms with E-state index in [1.807, 2.05) is 6.92 Å². The minimum absolute atomic E-state index is 0.0348. The van der Waals surface area contributed by atoms with E-state index in [2.05, 4.69) is 33.9 Å². The predicted molar refractivity (Wildman–Crippen MR) is 81.0 cm³/mol. The van der Waals surface area contributed by atoms with Gasteiger partial charge in [-0.15, -0.1) is 0 Å². The summed E-state index contributed by atoms with van der Waals surface area (Å²) in [4.78, 5) is 23.9. The molecule has 0 saturated heterocycles. The summed E-state index contributed by atoms with van der Waals surface area (Å²) in [6.07, 6.45) is 0.952. The van der Waals surface area contributed by atoms with Crippen molar-refractivity contribution in [2.24, 2.45) is 11.8 Å². The van der Waals surface area contributed by atoms with Crippen molar-refractivity contribution in [1.82, 2.24) is 0 Å². The van der Waals surface area contributed by atoms with Crippen LogP contribution in [0.1, 0.15) is 40.5 Å². The third-order valence-electron chi connectivity index (χ3n) is 4.83. The highest BCUT2D eigenvalue weighted by Crippen LogP contribution is 2.42. The third-order valence-corrected chi connectivity index (χ3v) is 9.34.